The van der Waals surface area contributed by atoms with Crippen LogP contribution in [0.15, 0.2) is 71.6 Å². The average molecular weight is 568 g/mol. The molecule has 39 heavy (non-hydrogen) atoms. The zero-order valence-corrected chi connectivity index (χ0v) is 23.2. The van der Waals surface area contributed by atoms with Crippen molar-refractivity contribution in [1.29, 1.82) is 0 Å². The number of hydrogen-bond donors (Lipinski definition) is 2. The van der Waals surface area contributed by atoms with E-state index in [-0.39, 0.29) is 22.1 Å². The highest BCUT2D eigenvalue weighted by molar-refractivity contribution is 7.92. The molecule has 2 heterocycles. The SMILES string of the molecule is CCc1ccc2nc(N3CCN(CCNC(=O)c4ccccc4NS(=O)(=O)c4ccc(F)cc4)CC3)sc2c1. The third-order valence-corrected chi connectivity index (χ3v) is 9.21. The highest BCUT2D eigenvalue weighted by Gasteiger charge is 2.21. The Kier molecular flexibility index (Phi) is 8.10. The summed E-state index contributed by atoms with van der Waals surface area (Å²) in [6.07, 6.45) is 1.01. The maximum absolute atomic E-state index is 13.2. The van der Waals surface area contributed by atoms with Gasteiger partial charge in [-0.15, -0.1) is 0 Å². The van der Waals surface area contributed by atoms with E-state index in [1.807, 2.05) is 0 Å². The molecule has 204 valence electrons. The maximum atomic E-state index is 13.2. The van der Waals surface area contributed by atoms with Gasteiger partial charge in [-0.1, -0.05) is 36.5 Å². The van der Waals surface area contributed by atoms with E-state index in [0.717, 1.165) is 55.4 Å². The van der Waals surface area contributed by atoms with Crippen molar-refractivity contribution in [2.75, 3.05) is 48.9 Å². The van der Waals surface area contributed by atoms with Crippen LogP contribution < -0.4 is 14.9 Å². The minimum atomic E-state index is -3.98. The van der Waals surface area contributed by atoms with Gasteiger partial charge in [0.1, 0.15) is 5.82 Å². The van der Waals surface area contributed by atoms with Crippen LogP contribution in [0.1, 0.15) is 22.8 Å². The fourth-order valence-electron chi connectivity index (χ4n) is 4.49. The predicted octanol–water partition coefficient (Wildman–Crippen LogP) is 4.35. The summed E-state index contributed by atoms with van der Waals surface area (Å²) < 4.78 is 42.3. The molecule has 0 unspecified atom stereocenters. The van der Waals surface area contributed by atoms with Crippen molar-refractivity contribution in [3.05, 3.63) is 83.7 Å². The average Bonchev–Trinajstić information content (AvgIpc) is 3.37. The Hall–Kier alpha value is -3.54. The summed E-state index contributed by atoms with van der Waals surface area (Å²) >= 11 is 1.73. The van der Waals surface area contributed by atoms with Gasteiger partial charge in [-0.3, -0.25) is 14.4 Å². The van der Waals surface area contributed by atoms with Crippen LogP contribution in [0.3, 0.4) is 0 Å². The number of amides is 1. The summed E-state index contributed by atoms with van der Waals surface area (Å²) in [5, 5.41) is 3.95. The number of sulfonamides is 1. The third kappa shape index (κ3) is 6.38. The summed E-state index contributed by atoms with van der Waals surface area (Å²) in [5.74, 6) is -0.899. The smallest absolute Gasteiger partial charge is 0.261 e. The molecule has 4 aromatic rings. The molecule has 2 N–H and O–H groups in total. The molecule has 5 rings (SSSR count). The van der Waals surface area contributed by atoms with Crippen molar-refractivity contribution < 1.29 is 17.6 Å². The molecule has 0 saturated carbocycles. The van der Waals surface area contributed by atoms with Crippen LogP contribution in [-0.2, 0) is 16.4 Å². The molecular weight excluding hydrogens is 537 g/mol. The predicted molar refractivity (Wildman–Crippen MR) is 154 cm³/mol. The second kappa shape index (κ2) is 11.7. The van der Waals surface area contributed by atoms with E-state index < -0.39 is 15.8 Å². The van der Waals surface area contributed by atoms with Gasteiger partial charge in [0.15, 0.2) is 5.13 Å². The van der Waals surface area contributed by atoms with Crippen molar-refractivity contribution in [2.45, 2.75) is 18.2 Å². The third-order valence-electron chi connectivity index (χ3n) is 6.75. The van der Waals surface area contributed by atoms with E-state index in [1.54, 1.807) is 29.5 Å². The largest absolute Gasteiger partial charge is 0.351 e. The number of aryl methyl sites for hydroxylation is 1. The Morgan fingerprint density at radius 1 is 1.03 bits per heavy atom. The molecule has 0 aliphatic carbocycles. The summed E-state index contributed by atoms with van der Waals surface area (Å²) in [4.78, 5) is 22.2. The van der Waals surface area contributed by atoms with Gasteiger partial charge in [0.2, 0.25) is 0 Å². The van der Waals surface area contributed by atoms with E-state index in [4.69, 9.17) is 4.98 Å². The van der Waals surface area contributed by atoms with Crippen molar-refractivity contribution in [2.24, 2.45) is 0 Å². The van der Waals surface area contributed by atoms with E-state index >= 15 is 0 Å². The van der Waals surface area contributed by atoms with Gasteiger partial charge in [-0.05, 0) is 60.5 Å². The van der Waals surface area contributed by atoms with Gasteiger partial charge < -0.3 is 10.2 Å². The molecule has 1 fully saturated rings. The number of hydrogen-bond acceptors (Lipinski definition) is 7. The Balaban J connectivity index is 1.13. The van der Waals surface area contributed by atoms with Crippen molar-refractivity contribution in [3.8, 4) is 0 Å². The van der Waals surface area contributed by atoms with Crippen LogP contribution in [0.2, 0.25) is 0 Å². The zero-order valence-electron chi connectivity index (χ0n) is 21.6. The lowest BCUT2D eigenvalue weighted by Gasteiger charge is -2.34. The molecule has 0 spiro atoms. The first-order chi connectivity index (χ1) is 18.8. The fraction of sp³-hybridized carbons (Fsp3) is 0.286. The first-order valence-corrected chi connectivity index (χ1v) is 15.1. The number of para-hydroxylation sites is 1. The van der Waals surface area contributed by atoms with Crippen LogP contribution in [0.25, 0.3) is 10.2 Å². The summed E-state index contributed by atoms with van der Waals surface area (Å²) in [6, 6.07) is 17.4. The summed E-state index contributed by atoms with van der Waals surface area (Å²) in [6.45, 7) is 6.72. The number of carbonyl (C=O) groups excluding carboxylic acids is 1. The molecule has 0 radical (unpaired) electrons. The molecule has 0 atom stereocenters. The number of halogens is 1. The van der Waals surface area contributed by atoms with E-state index in [2.05, 4.69) is 45.0 Å². The van der Waals surface area contributed by atoms with Gasteiger partial charge in [-0.25, -0.2) is 17.8 Å². The standard InChI is InChI=1S/C28H30FN5O3S2/c1-2-20-7-12-25-26(19-20)38-28(31-25)34-17-15-33(16-18-34)14-13-30-27(35)23-5-3-4-6-24(23)32-39(36,37)22-10-8-21(29)9-11-22/h3-12,19,32H,2,13-18H2,1H3,(H,30,35). The molecule has 0 bridgehead atoms. The summed E-state index contributed by atoms with van der Waals surface area (Å²) in [7, 11) is -3.98. The van der Waals surface area contributed by atoms with Gasteiger partial charge in [0.25, 0.3) is 15.9 Å². The van der Waals surface area contributed by atoms with Crippen molar-refractivity contribution >= 4 is 48.3 Å². The first kappa shape index (κ1) is 27.0. The molecule has 1 aromatic heterocycles. The molecule has 1 amide bonds. The zero-order chi connectivity index (χ0) is 27.4. The van der Waals surface area contributed by atoms with Crippen LogP contribution in [-0.4, -0.2) is 63.5 Å². The Morgan fingerprint density at radius 3 is 2.51 bits per heavy atom. The van der Waals surface area contributed by atoms with Crippen LogP contribution in [0.4, 0.5) is 15.2 Å². The van der Waals surface area contributed by atoms with Crippen molar-refractivity contribution in [3.63, 3.8) is 0 Å². The van der Waals surface area contributed by atoms with E-state index in [9.17, 15) is 17.6 Å². The second-order valence-corrected chi connectivity index (χ2v) is 12.0. The highest BCUT2D eigenvalue weighted by atomic mass is 32.2. The lowest BCUT2D eigenvalue weighted by Crippen LogP contribution is -2.48. The number of nitrogens with zero attached hydrogens (tertiary/aromatic N) is 3. The van der Waals surface area contributed by atoms with Gasteiger partial charge >= 0.3 is 0 Å². The fourth-order valence-corrected chi connectivity index (χ4v) is 6.65. The Bertz CT molecular complexity index is 1570. The number of fused-ring (bicyclic) bond motifs is 1. The first-order valence-electron chi connectivity index (χ1n) is 12.8. The number of nitrogens with one attached hydrogen (secondary N) is 2. The van der Waals surface area contributed by atoms with Crippen LogP contribution in [0.5, 0.6) is 0 Å². The monoisotopic (exact) mass is 567 g/mol. The number of aromatic nitrogens is 1. The van der Waals surface area contributed by atoms with Gasteiger partial charge in [0, 0.05) is 39.3 Å². The summed E-state index contributed by atoms with van der Waals surface area (Å²) in [5.41, 5.74) is 2.74. The molecule has 1 saturated heterocycles. The molecule has 3 aromatic carbocycles. The normalized spacial score (nSPS) is 14.5. The Labute approximate surface area is 231 Å². The molecule has 1 aliphatic heterocycles. The second-order valence-electron chi connectivity index (χ2n) is 9.34. The van der Waals surface area contributed by atoms with E-state index in [1.165, 1.54) is 28.5 Å². The number of benzene rings is 3. The lowest BCUT2D eigenvalue weighted by atomic mass is 10.1. The minimum absolute atomic E-state index is 0.0881. The minimum Gasteiger partial charge on any atom is -0.351 e. The Morgan fingerprint density at radius 2 is 1.77 bits per heavy atom. The lowest BCUT2D eigenvalue weighted by molar-refractivity contribution is 0.0948. The topological polar surface area (TPSA) is 94.6 Å². The number of rotatable bonds is 9. The van der Waals surface area contributed by atoms with Crippen molar-refractivity contribution in [1.82, 2.24) is 15.2 Å². The van der Waals surface area contributed by atoms with Gasteiger partial charge in [0.05, 0.1) is 26.4 Å². The molecule has 8 nitrogen and oxygen atoms in total. The van der Waals surface area contributed by atoms with Crippen LogP contribution in [0, 0.1) is 5.82 Å². The van der Waals surface area contributed by atoms with Crippen LogP contribution >= 0.6 is 11.3 Å². The van der Waals surface area contributed by atoms with E-state index in [0.29, 0.717) is 13.1 Å². The maximum Gasteiger partial charge on any atom is 0.261 e. The quantitative estimate of drug-likeness (QED) is 0.312. The molecule has 11 heteroatoms. The number of carbonyl (C=O) groups is 1. The molecule has 1 aliphatic rings. The number of thiazole rings is 1. The number of anilines is 2. The van der Waals surface area contributed by atoms with Gasteiger partial charge in [-0.2, -0.15) is 0 Å². The number of piperazine rings is 1. The highest BCUT2D eigenvalue weighted by Crippen LogP contribution is 2.30. The molecular formula is C28H30FN5O3S2.